The number of nitro groups is 1. The van der Waals surface area contributed by atoms with E-state index >= 15 is 0 Å². The molecule has 1 N–H and O–H groups in total. The Morgan fingerprint density at radius 1 is 1.39 bits per heavy atom. The van der Waals surface area contributed by atoms with Crippen molar-refractivity contribution in [3.8, 4) is 0 Å². The lowest BCUT2D eigenvalue weighted by Crippen LogP contribution is -2.38. The number of halogens is 1. The number of aliphatic carboxylic acids is 1. The van der Waals surface area contributed by atoms with Crippen molar-refractivity contribution in [2.24, 2.45) is 5.92 Å². The molecule has 2 bridgehead atoms. The molecule has 2 heterocycles. The van der Waals surface area contributed by atoms with Gasteiger partial charge in [0, 0.05) is 18.2 Å². The Kier molecular flexibility index (Phi) is 3.60. The highest BCUT2D eigenvalue weighted by Gasteiger charge is 2.55. The van der Waals surface area contributed by atoms with E-state index in [4.69, 9.17) is 0 Å². The summed E-state index contributed by atoms with van der Waals surface area (Å²) in [5.74, 6) is -3.19. The molecule has 0 spiro atoms. The zero-order chi connectivity index (χ0) is 16.9. The normalized spacial score (nSPS) is 27.3. The summed E-state index contributed by atoms with van der Waals surface area (Å²) in [4.78, 5) is 20.3. The molecule has 124 valence electrons. The number of hydrogen-bond donors (Lipinski definition) is 1. The lowest BCUT2D eigenvalue weighted by Gasteiger charge is -2.22. The number of carboxylic acids is 1. The number of nitrogens with zero attached hydrogens (tertiary/aromatic N) is 2. The first kappa shape index (κ1) is 15.8. The van der Waals surface area contributed by atoms with Gasteiger partial charge in [0.25, 0.3) is 15.7 Å². The second-order valence-corrected chi connectivity index (χ2v) is 7.44. The van der Waals surface area contributed by atoms with Crippen molar-refractivity contribution in [2.75, 3.05) is 0 Å². The van der Waals surface area contributed by atoms with Crippen LogP contribution in [0.5, 0.6) is 0 Å². The van der Waals surface area contributed by atoms with Gasteiger partial charge in [-0.15, -0.1) is 0 Å². The first-order valence-electron chi connectivity index (χ1n) is 6.94. The van der Waals surface area contributed by atoms with E-state index in [0.29, 0.717) is 12.8 Å². The zero-order valence-corrected chi connectivity index (χ0v) is 12.6. The SMILES string of the molecule is O=C(O)C1CC2CCC1N2S(=O)(=O)c1c(F)cccc1[N+](=O)[O-]. The van der Waals surface area contributed by atoms with E-state index in [1.165, 1.54) is 0 Å². The lowest BCUT2D eigenvalue weighted by molar-refractivity contribution is -0.388. The summed E-state index contributed by atoms with van der Waals surface area (Å²) in [7, 11) is -4.49. The molecule has 23 heavy (non-hydrogen) atoms. The van der Waals surface area contributed by atoms with E-state index in [-0.39, 0.29) is 6.42 Å². The molecule has 0 radical (unpaired) electrons. The molecule has 2 aliphatic rings. The van der Waals surface area contributed by atoms with Gasteiger partial charge in [-0.2, -0.15) is 4.31 Å². The molecule has 0 aromatic heterocycles. The van der Waals surface area contributed by atoms with Crippen LogP contribution in [0.2, 0.25) is 0 Å². The molecule has 0 saturated carbocycles. The summed E-state index contributed by atoms with van der Waals surface area (Å²) in [6.07, 6.45) is 0.959. The average molecular weight is 344 g/mol. The standard InChI is InChI=1S/C13H13FN2O6S/c14-9-2-1-3-11(16(19)20)12(9)23(21,22)15-7-4-5-10(15)8(6-7)13(17)18/h1-3,7-8,10H,4-6H2,(H,17,18). The fourth-order valence-electron chi connectivity index (χ4n) is 3.58. The molecule has 1 aromatic carbocycles. The van der Waals surface area contributed by atoms with E-state index < -0.39 is 55.3 Å². The maximum absolute atomic E-state index is 14.1. The third-order valence-corrected chi connectivity index (χ3v) is 6.51. The van der Waals surface area contributed by atoms with Crippen molar-refractivity contribution in [2.45, 2.75) is 36.2 Å². The monoisotopic (exact) mass is 344 g/mol. The number of hydrogen-bond acceptors (Lipinski definition) is 5. The van der Waals surface area contributed by atoms with Crippen LogP contribution in [0.1, 0.15) is 19.3 Å². The van der Waals surface area contributed by atoms with E-state index in [1.807, 2.05) is 0 Å². The van der Waals surface area contributed by atoms with Gasteiger partial charge >= 0.3 is 5.97 Å². The molecule has 2 saturated heterocycles. The van der Waals surface area contributed by atoms with E-state index in [0.717, 1.165) is 22.5 Å². The Hall–Kier alpha value is -2.07. The lowest BCUT2D eigenvalue weighted by atomic mass is 9.89. The minimum atomic E-state index is -4.49. The summed E-state index contributed by atoms with van der Waals surface area (Å²) in [6, 6.07) is 1.47. The first-order chi connectivity index (χ1) is 10.7. The van der Waals surface area contributed by atoms with Crippen molar-refractivity contribution in [3.05, 3.63) is 34.1 Å². The molecule has 10 heteroatoms. The molecule has 1 aromatic rings. The highest BCUT2D eigenvalue weighted by molar-refractivity contribution is 7.89. The number of sulfonamides is 1. The van der Waals surface area contributed by atoms with Gasteiger partial charge in [-0.1, -0.05) is 6.07 Å². The Labute approximate surface area is 130 Å². The van der Waals surface area contributed by atoms with E-state index in [2.05, 4.69) is 0 Å². The Morgan fingerprint density at radius 3 is 2.65 bits per heavy atom. The molecule has 0 amide bonds. The maximum atomic E-state index is 14.1. The molecule has 0 aliphatic carbocycles. The van der Waals surface area contributed by atoms with E-state index in [1.54, 1.807) is 0 Å². The molecule has 3 unspecified atom stereocenters. The second-order valence-electron chi connectivity index (χ2n) is 5.66. The minimum Gasteiger partial charge on any atom is -0.481 e. The minimum absolute atomic E-state index is 0.140. The van der Waals surface area contributed by atoms with Crippen molar-refractivity contribution < 1.29 is 27.6 Å². The van der Waals surface area contributed by atoms with Crippen LogP contribution in [0.3, 0.4) is 0 Å². The van der Waals surface area contributed by atoms with Gasteiger partial charge in [-0.25, -0.2) is 12.8 Å². The average Bonchev–Trinajstić information content (AvgIpc) is 3.05. The predicted molar refractivity (Wildman–Crippen MR) is 74.6 cm³/mol. The quantitative estimate of drug-likeness (QED) is 0.651. The van der Waals surface area contributed by atoms with Gasteiger partial charge in [0.1, 0.15) is 5.82 Å². The van der Waals surface area contributed by atoms with Gasteiger partial charge in [0.2, 0.25) is 0 Å². The number of rotatable bonds is 4. The Balaban J connectivity index is 2.11. The molecule has 3 rings (SSSR count). The van der Waals surface area contributed by atoms with Crippen LogP contribution in [-0.2, 0) is 14.8 Å². The van der Waals surface area contributed by atoms with Crippen molar-refractivity contribution >= 4 is 21.7 Å². The van der Waals surface area contributed by atoms with Crippen LogP contribution >= 0.6 is 0 Å². The topological polar surface area (TPSA) is 118 Å². The van der Waals surface area contributed by atoms with Crippen LogP contribution in [0, 0.1) is 21.8 Å². The van der Waals surface area contributed by atoms with Crippen LogP contribution in [0.25, 0.3) is 0 Å². The van der Waals surface area contributed by atoms with Crippen molar-refractivity contribution in [1.82, 2.24) is 4.31 Å². The molecular formula is C13H13FN2O6S. The predicted octanol–water partition coefficient (Wildman–Crippen LogP) is 1.36. The number of carbonyl (C=O) groups is 1. The third-order valence-electron chi connectivity index (χ3n) is 4.47. The number of carboxylic acid groups (broad SMARTS) is 1. The molecule has 8 nitrogen and oxygen atoms in total. The van der Waals surface area contributed by atoms with Crippen LogP contribution in [0.4, 0.5) is 10.1 Å². The van der Waals surface area contributed by atoms with Gasteiger partial charge < -0.3 is 5.11 Å². The molecular weight excluding hydrogens is 331 g/mol. The fourth-order valence-corrected chi connectivity index (χ4v) is 5.71. The number of nitro benzene ring substituents is 1. The number of fused-ring (bicyclic) bond motifs is 2. The zero-order valence-electron chi connectivity index (χ0n) is 11.8. The summed E-state index contributed by atoms with van der Waals surface area (Å²) < 4.78 is 40.6. The third kappa shape index (κ3) is 2.29. The van der Waals surface area contributed by atoms with Crippen molar-refractivity contribution in [3.63, 3.8) is 0 Å². The summed E-state index contributed by atoms with van der Waals surface area (Å²) in [5, 5.41) is 20.2. The van der Waals surface area contributed by atoms with Crippen molar-refractivity contribution in [1.29, 1.82) is 0 Å². The Morgan fingerprint density at radius 2 is 2.09 bits per heavy atom. The Bertz CT molecular complexity index is 796. The van der Waals surface area contributed by atoms with Crippen LogP contribution < -0.4 is 0 Å². The molecule has 3 atom stereocenters. The maximum Gasteiger partial charge on any atom is 0.308 e. The summed E-state index contributed by atoms with van der Waals surface area (Å²) in [5.41, 5.74) is -0.844. The van der Waals surface area contributed by atoms with Crippen LogP contribution in [-0.4, -0.2) is 40.8 Å². The van der Waals surface area contributed by atoms with Gasteiger partial charge in [-0.3, -0.25) is 14.9 Å². The van der Waals surface area contributed by atoms with E-state index in [9.17, 15) is 32.8 Å². The first-order valence-corrected chi connectivity index (χ1v) is 8.38. The summed E-state index contributed by atoms with van der Waals surface area (Å²) >= 11 is 0. The molecule has 2 aliphatic heterocycles. The molecule has 2 fully saturated rings. The highest BCUT2D eigenvalue weighted by atomic mass is 32.2. The smallest absolute Gasteiger partial charge is 0.308 e. The fraction of sp³-hybridized carbons (Fsp3) is 0.462. The largest absolute Gasteiger partial charge is 0.481 e. The van der Waals surface area contributed by atoms with Gasteiger partial charge in [0.05, 0.1) is 10.8 Å². The highest BCUT2D eigenvalue weighted by Crippen LogP contribution is 2.46. The number of benzene rings is 1. The second kappa shape index (κ2) is 5.24. The summed E-state index contributed by atoms with van der Waals surface area (Å²) in [6.45, 7) is 0. The van der Waals surface area contributed by atoms with Crippen LogP contribution in [0.15, 0.2) is 23.1 Å². The van der Waals surface area contributed by atoms with Gasteiger partial charge in [0.15, 0.2) is 4.90 Å². The van der Waals surface area contributed by atoms with Gasteiger partial charge in [-0.05, 0) is 25.3 Å².